The summed E-state index contributed by atoms with van der Waals surface area (Å²) in [6.07, 6.45) is 8.79. The molecule has 1 aromatic heterocycles. The Labute approximate surface area is 142 Å². The van der Waals surface area contributed by atoms with Gasteiger partial charge in [-0.1, -0.05) is 39.3 Å². The van der Waals surface area contributed by atoms with Crippen molar-refractivity contribution in [1.82, 2.24) is 15.0 Å². The predicted octanol–water partition coefficient (Wildman–Crippen LogP) is 4.99. The van der Waals surface area contributed by atoms with Crippen LogP contribution in [-0.4, -0.2) is 15.0 Å². The number of rotatable bonds is 5. The third kappa shape index (κ3) is 3.21. The van der Waals surface area contributed by atoms with Gasteiger partial charge in [-0.05, 0) is 75.5 Å². The lowest BCUT2D eigenvalue weighted by Gasteiger charge is -2.25. The predicted molar refractivity (Wildman–Crippen MR) is 95.4 cm³/mol. The largest absolute Gasteiger partial charge is 0.244 e. The van der Waals surface area contributed by atoms with E-state index in [9.17, 15) is 0 Å². The SMILES string of the molecule is CCC(C)(C)C[C@H]1[C@@H]2CCc3nnn(C(C)(C)CC)c3CC[C@@H]21. The van der Waals surface area contributed by atoms with Crippen molar-refractivity contribution in [3.63, 3.8) is 0 Å². The molecule has 0 radical (unpaired) electrons. The molecule has 0 aromatic carbocycles. The first kappa shape index (κ1) is 17.0. The Bertz CT molecular complexity index is 555. The van der Waals surface area contributed by atoms with Gasteiger partial charge in [-0.25, -0.2) is 4.68 Å². The zero-order chi connectivity index (χ0) is 16.8. The van der Waals surface area contributed by atoms with Crippen molar-refractivity contribution in [2.75, 3.05) is 0 Å². The molecule has 0 spiro atoms. The molecule has 1 aromatic rings. The summed E-state index contributed by atoms with van der Waals surface area (Å²) in [5.41, 5.74) is 3.31. The molecule has 0 bridgehead atoms. The van der Waals surface area contributed by atoms with Crippen LogP contribution >= 0.6 is 0 Å². The Balaban J connectivity index is 1.72. The lowest BCUT2D eigenvalue weighted by Crippen LogP contribution is -2.29. The van der Waals surface area contributed by atoms with Crippen molar-refractivity contribution < 1.29 is 0 Å². The molecule has 23 heavy (non-hydrogen) atoms. The first-order valence-corrected chi connectivity index (χ1v) is 9.73. The van der Waals surface area contributed by atoms with Gasteiger partial charge in [-0.15, -0.1) is 5.10 Å². The standard InChI is InChI=1S/C20H35N3/c1-7-19(3,4)13-16-14-9-11-17-18(12-10-15(14)16)23(22-21-17)20(5,6)8-2/h14-16H,7-13H2,1-6H3/t14-,15+,16+/m1/s1. The highest BCUT2D eigenvalue weighted by molar-refractivity contribution is 5.16. The minimum Gasteiger partial charge on any atom is -0.244 e. The van der Waals surface area contributed by atoms with E-state index in [1.165, 1.54) is 43.5 Å². The van der Waals surface area contributed by atoms with E-state index in [4.69, 9.17) is 0 Å². The van der Waals surface area contributed by atoms with E-state index >= 15 is 0 Å². The average molecular weight is 318 g/mol. The Morgan fingerprint density at radius 3 is 2.26 bits per heavy atom. The van der Waals surface area contributed by atoms with Gasteiger partial charge in [0.25, 0.3) is 0 Å². The van der Waals surface area contributed by atoms with E-state index in [0.717, 1.165) is 30.6 Å². The van der Waals surface area contributed by atoms with Crippen molar-refractivity contribution in [2.24, 2.45) is 23.2 Å². The van der Waals surface area contributed by atoms with Crippen LogP contribution in [0, 0.1) is 23.2 Å². The number of nitrogens with zero attached hydrogens (tertiary/aromatic N) is 3. The molecule has 3 nitrogen and oxygen atoms in total. The van der Waals surface area contributed by atoms with Crippen molar-refractivity contribution >= 4 is 0 Å². The van der Waals surface area contributed by atoms with E-state index in [1.807, 2.05) is 0 Å². The number of aryl methyl sites for hydroxylation is 1. The molecule has 0 amide bonds. The van der Waals surface area contributed by atoms with Crippen LogP contribution < -0.4 is 0 Å². The van der Waals surface area contributed by atoms with Crippen LogP contribution in [0.3, 0.4) is 0 Å². The summed E-state index contributed by atoms with van der Waals surface area (Å²) in [6.45, 7) is 14.0. The molecule has 3 heteroatoms. The third-order valence-electron chi connectivity index (χ3n) is 6.97. The summed E-state index contributed by atoms with van der Waals surface area (Å²) < 4.78 is 2.23. The smallest absolute Gasteiger partial charge is 0.0859 e. The van der Waals surface area contributed by atoms with Gasteiger partial charge in [-0.3, -0.25) is 0 Å². The second-order valence-electron chi connectivity index (χ2n) is 9.35. The number of hydrogen-bond acceptors (Lipinski definition) is 2. The Kier molecular flexibility index (Phi) is 4.35. The van der Waals surface area contributed by atoms with Crippen molar-refractivity contribution in [2.45, 2.75) is 92.0 Å². The highest BCUT2D eigenvalue weighted by Gasteiger charge is 2.51. The van der Waals surface area contributed by atoms with Crippen LogP contribution in [-0.2, 0) is 18.4 Å². The molecule has 0 aliphatic heterocycles. The molecular weight excluding hydrogens is 282 g/mol. The average Bonchev–Trinajstić information content (AvgIpc) is 2.92. The Morgan fingerprint density at radius 2 is 1.65 bits per heavy atom. The van der Waals surface area contributed by atoms with Crippen LogP contribution in [0.5, 0.6) is 0 Å². The summed E-state index contributed by atoms with van der Waals surface area (Å²) in [5, 5.41) is 9.08. The van der Waals surface area contributed by atoms with Crippen LogP contribution in [0.1, 0.15) is 85.0 Å². The fraction of sp³-hybridized carbons (Fsp3) is 0.900. The number of aromatic nitrogens is 3. The van der Waals surface area contributed by atoms with Crippen LogP contribution in [0.25, 0.3) is 0 Å². The number of fused-ring (bicyclic) bond motifs is 2. The third-order valence-corrected chi connectivity index (χ3v) is 6.97. The fourth-order valence-electron chi connectivity index (χ4n) is 4.49. The normalized spacial score (nSPS) is 27.8. The van der Waals surface area contributed by atoms with Gasteiger partial charge >= 0.3 is 0 Å². The van der Waals surface area contributed by atoms with Crippen molar-refractivity contribution in [3.8, 4) is 0 Å². The monoisotopic (exact) mass is 317 g/mol. The summed E-state index contributed by atoms with van der Waals surface area (Å²) in [4.78, 5) is 0. The summed E-state index contributed by atoms with van der Waals surface area (Å²) in [6, 6.07) is 0. The Morgan fingerprint density at radius 1 is 1.00 bits per heavy atom. The summed E-state index contributed by atoms with van der Waals surface area (Å²) in [5.74, 6) is 2.88. The molecule has 0 saturated heterocycles. The summed E-state index contributed by atoms with van der Waals surface area (Å²) in [7, 11) is 0. The zero-order valence-electron chi connectivity index (χ0n) is 16.0. The molecule has 1 saturated carbocycles. The molecule has 3 atom stereocenters. The van der Waals surface area contributed by atoms with Gasteiger partial charge in [0.2, 0.25) is 0 Å². The first-order chi connectivity index (χ1) is 10.8. The molecule has 0 N–H and O–H groups in total. The topological polar surface area (TPSA) is 30.7 Å². The van der Waals surface area contributed by atoms with Crippen LogP contribution in [0.2, 0.25) is 0 Å². The van der Waals surface area contributed by atoms with E-state index in [2.05, 4.69) is 56.5 Å². The minimum absolute atomic E-state index is 0.0896. The molecule has 3 rings (SSSR count). The fourth-order valence-corrected chi connectivity index (χ4v) is 4.49. The number of hydrogen-bond donors (Lipinski definition) is 0. The zero-order valence-corrected chi connectivity index (χ0v) is 16.0. The van der Waals surface area contributed by atoms with E-state index in [-0.39, 0.29) is 5.54 Å². The molecule has 1 fully saturated rings. The molecule has 130 valence electrons. The van der Waals surface area contributed by atoms with Gasteiger partial charge in [0.1, 0.15) is 0 Å². The quantitative estimate of drug-likeness (QED) is 0.766. The maximum Gasteiger partial charge on any atom is 0.0859 e. The second-order valence-corrected chi connectivity index (χ2v) is 9.35. The molecule has 2 aliphatic rings. The minimum atomic E-state index is 0.0896. The van der Waals surface area contributed by atoms with E-state index < -0.39 is 0 Å². The van der Waals surface area contributed by atoms with E-state index in [0.29, 0.717) is 5.41 Å². The van der Waals surface area contributed by atoms with Gasteiger partial charge in [0.15, 0.2) is 0 Å². The Hall–Kier alpha value is -0.860. The van der Waals surface area contributed by atoms with Crippen LogP contribution in [0.4, 0.5) is 0 Å². The summed E-state index contributed by atoms with van der Waals surface area (Å²) >= 11 is 0. The van der Waals surface area contributed by atoms with Gasteiger partial charge in [0, 0.05) is 0 Å². The lowest BCUT2D eigenvalue weighted by atomic mass is 9.83. The van der Waals surface area contributed by atoms with E-state index in [1.54, 1.807) is 0 Å². The second kappa shape index (κ2) is 5.89. The highest BCUT2D eigenvalue weighted by atomic mass is 15.5. The highest BCUT2D eigenvalue weighted by Crippen LogP contribution is 2.57. The van der Waals surface area contributed by atoms with Gasteiger partial charge in [0.05, 0.1) is 16.9 Å². The maximum absolute atomic E-state index is 4.55. The first-order valence-electron chi connectivity index (χ1n) is 9.73. The molecule has 0 unspecified atom stereocenters. The van der Waals surface area contributed by atoms with Gasteiger partial charge in [-0.2, -0.15) is 0 Å². The lowest BCUT2D eigenvalue weighted by molar-refractivity contribution is 0.285. The van der Waals surface area contributed by atoms with Crippen LogP contribution in [0.15, 0.2) is 0 Å². The van der Waals surface area contributed by atoms with Crippen molar-refractivity contribution in [1.29, 1.82) is 0 Å². The van der Waals surface area contributed by atoms with Crippen molar-refractivity contribution in [3.05, 3.63) is 11.4 Å². The molecule has 1 heterocycles. The molecular formula is C20H35N3. The molecule has 2 aliphatic carbocycles. The maximum atomic E-state index is 4.55. The van der Waals surface area contributed by atoms with Gasteiger partial charge < -0.3 is 0 Å².